The van der Waals surface area contributed by atoms with Gasteiger partial charge in [0.05, 0.1) is 24.5 Å². The summed E-state index contributed by atoms with van der Waals surface area (Å²) in [5.74, 6) is -0.0524. The normalized spacial score (nSPS) is 15.8. The smallest absolute Gasteiger partial charge is 0.243 e. The van der Waals surface area contributed by atoms with Crippen molar-refractivity contribution in [3.63, 3.8) is 0 Å². The number of morpholine rings is 1. The highest BCUT2D eigenvalue weighted by atomic mass is 32.2. The van der Waals surface area contributed by atoms with Crippen LogP contribution in [0.1, 0.15) is 11.1 Å². The molecule has 0 unspecified atom stereocenters. The minimum Gasteiger partial charge on any atom is -0.379 e. The summed E-state index contributed by atoms with van der Waals surface area (Å²) in [4.78, 5) is 12.2. The van der Waals surface area contributed by atoms with E-state index in [9.17, 15) is 13.2 Å². The first-order valence-electron chi connectivity index (χ1n) is 8.00. The second-order valence-corrected chi connectivity index (χ2v) is 8.46. The topological polar surface area (TPSA) is 75.7 Å². The zero-order chi connectivity index (χ0) is 17.7. The van der Waals surface area contributed by atoms with Gasteiger partial charge in [-0.15, -0.1) is 0 Å². The predicted octanol–water partition coefficient (Wildman–Crippen LogP) is 1.63. The summed E-state index contributed by atoms with van der Waals surface area (Å²) in [6.07, 6.45) is 0.354. The fraction of sp³-hybridized carbons (Fsp3) is 0.353. The Balaban J connectivity index is 1.57. The molecule has 0 radical (unpaired) electrons. The molecule has 2 aromatic rings. The molecule has 6 nitrogen and oxygen atoms in total. The van der Waals surface area contributed by atoms with E-state index < -0.39 is 10.0 Å². The van der Waals surface area contributed by atoms with E-state index in [2.05, 4.69) is 5.32 Å². The lowest BCUT2D eigenvalue weighted by atomic mass is 10.2. The molecule has 134 valence electrons. The minimum absolute atomic E-state index is 0.0524. The van der Waals surface area contributed by atoms with Crippen LogP contribution < -0.4 is 5.32 Å². The van der Waals surface area contributed by atoms with Gasteiger partial charge < -0.3 is 10.1 Å². The van der Waals surface area contributed by atoms with Gasteiger partial charge in [0.1, 0.15) is 0 Å². The first kappa shape index (κ1) is 18.1. The highest BCUT2D eigenvalue weighted by Gasteiger charge is 2.26. The van der Waals surface area contributed by atoms with Crippen molar-refractivity contribution in [1.82, 2.24) is 9.62 Å². The molecule has 25 heavy (non-hydrogen) atoms. The number of hydrogen-bond acceptors (Lipinski definition) is 5. The summed E-state index contributed by atoms with van der Waals surface area (Å²) in [7, 11) is -3.48. The molecule has 0 atom stereocenters. The summed E-state index contributed by atoms with van der Waals surface area (Å²) >= 11 is 1.56. The molecule has 0 bridgehead atoms. The zero-order valence-electron chi connectivity index (χ0n) is 13.7. The van der Waals surface area contributed by atoms with Gasteiger partial charge in [0.2, 0.25) is 15.9 Å². The standard InChI is InChI=1S/C17H20N2O4S2/c20-17(11-15-5-10-24-13-15)18-12-14-1-3-16(4-2-14)25(21,22)19-6-8-23-9-7-19/h1-5,10,13H,6-9,11-12H2,(H,18,20). The van der Waals surface area contributed by atoms with Crippen molar-refractivity contribution in [2.75, 3.05) is 26.3 Å². The molecule has 3 rings (SSSR count). The number of thiophene rings is 1. The van der Waals surface area contributed by atoms with Crippen LogP contribution in [0.25, 0.3) is 0 Å². The van der Waals surface area contributed by atoms with Gasteiger partial charge >= 0.3 is 0 Å². The van der Waals surface area contributed by atoms with E-state index in [1.807, 2.05) is 16.8 Å². The maximum atomic E-state index is 12.5. The molecule has 1 aliphatic rings. The van der Waals surface area contributed by atoms with Crippen molar-refractivity contribution in [2.24, 2.45) is 0 Å². The lowest BCUT2D eigenvalue weighted by Gasteiger charge is -2.26. The molecule has 1 aromatic heterocycles. The van der Waals surface area contributed by atoms with Gasteiger partial charge in [-0.3, -0.25) is 4.79 Å². The van der Waals surface area contributed by atoms with Gasteiger partial charge in [0.25, 0.3) is 0 Å². The van der Waals surface area contributed by atoms with Crippen molar-refractivity contribution in [2.45, 2.75) is 17.9 Å². The molecular weight excluding hydrogens is 360 g/mol. The molecule has 8 heteroatoms. The van der Waals surface area contributed by atoms with E-state index in [1.54, 1.807) is 35.6 Å². The van der Waals surface area contributed by atoms with E-state index in [-0.39, 0.29) is 10.8 Å². The van der Waals surface area contributed by atoms with E-state index in [1.165, 1.54) is 4.31 Å². The Bertz CT molecular complexity index is 796. The maximum absolute atomic E-state index is 12.5. The molecule has 1 fully saturated rings. The largest absolute Gasteiger partial charge is 0.379 e. The Morgan fingerprint density at radius 3 is 2.48 bits per heavy atom. The van der Waals surface area contributed by atoms with Gasteiger partial charge in [0, 0.05) is 19.6 Å². The number of nitrogens with zero attached hydrogens (tertiary/aromatic N) is 1. The average molecular weight is 380 g/mol. The Morgan fingerprint density at radius 1 is 1.12 bits per heavy atom. The van der Waals surface area contributed by atoms with Crippen molar-refractivity contribution in [3.05, 3.63) is 52.2 Å². The quantitative estimate of drug-likeness (QED) is 0.826. The number of hydrogen-bond donors (Lipinski definition) is 1. The number of amides is 1. The van der Waals surface area contributed by atoms with Crippen LogP contribution in [0.5, 0.6) is 0 Å². The SMILES string of the molecule is O=C(Cc1ccsc1)NCc1ccc(S(=O)(=O)N2CCOCC2)cc1. The number of rotatable bonds is 6. The van der Waals surface area contributed by atoms with Gasteiger partial charge in [-0.05, 0) is 40.1 Å². The fourth-order valence-electron chi connectivity index (χ4n) is 2.56. The van der Waals surface area contributed by atoms with E-state index in [0.717, 1.165) is 11.1 Å². The van der Waals surface area contributed by atoms with Crippen LogP contribution in [-0.2, 0) is 32.5 Å². The molecule has 0 aliphatic carbocycles. The predicted molar refractivity (Wildman–Crippen MR) is 95.9 cm³/mol. The van der Waals surface area contributed by atoms with E-state index in [0.29, 0.717) is 39.3 Å². The van der Waals surface area contributed by atoms with Gasteiger partial charge in [-0.25, -0.2) is 8.42 Å². The minimum atomic E-state index is -3.48. The van der Waals surface area contributed by atoms with Gasteiger partial charge in [-0.1, -0.05) is 12.1 Å². The zero-order valence-corrected chi connectivity index (χ0v) is 15.3. The molecule has 1 N–H and O–H groups in total. The van der Waals surface area contributed by atoms with Crippen LogP contribution >= 0.6 is 11.3 Å². The Kier molecular flexibility index (Phi) is 5.85. The monoisotopic (exact) mass is 380 g/mol. The third-order valence-corrected chi connectivity index (χ3v) is 6.61. The summed E-state index contributed by atoms with van der Waals surface area (Å²) in [6.45, 7) is 1.98. The van der Waals surface area contributed by atoms with Crippen LogP contribution in [0.3, 0.4) is 0 Å². The molecule has 1 saturated heterocycles. The molecule has 1 aliphatic heterocycles. The fourth-order valence-corrected chi connectivity index (χ4v) is 4.63. The van der Waals surface area contributed by atoms with E-state index in [4.69, 9.17) is 4.74 Å². The molecule has 1 aromatic carbocycles. The second-order valence-electron chi connectivity index (χ2n) is 5.75. The summed E-state index contributed by atoms with van der Waals surface area (Å²) in [5, 5.41) is 6.74. The Morgan fingerprint density at radius 2 is 1.84 bits per heavy atom. The number of ether oxygens (including phenoxy) is 1. The third-order valence-electron chi connectivity index (χ3n) is 3.97. The van der Waals surface area contributed by atoms with E-state index >= 15 is 0 Å². The lowest BCUT2D eigenvalue weighted by molar-refractivity contribution is -0.120. The van der Waals surface area contributed by atoms with Crippen molar-refractivity contribution in [1.29, 1.82) is 0 Å². The molecular formula is C17H20N2O4S2. The van der Waals surface area contributed by atoms with Crippen molar-refractivity contribution in [3.8, 4) is 0 Å². The van der Waals surface area contributed by atoms with Crippen molar-refractivity contribution < 1.29 is 17.9 Å². The Hall–Kier alpha value is -1.74. The summed E-state index contributed by atoms with van der Waals surface area (Å²) < 4.78 is 31.7. The number of carbonyl (C=O) groups excluding carboxylic acids is 1. The molecule has 0 saturated carbocycles. The average Bonchev–Trinajstić information content (AvgIpc) is 3.14. The summed E-state index contributed by atoms with van der Waals surface area (Å²) in [6, 6.07) is 8.57. The third kappa shape index (κ3) is 4.66. The first-order valence-corrected chi connectivity index (χ1v) is 10.4. The lowest BCUT2D eigenvalue weighted by Crippen LogP contribution is -2.40. The highest BCUT2D eigenvalue weighted by Crippen LogP contribution is 2.17. The van der Waals surface area contributed by atoms with Crippen LogP contribution in [0.2, 0.25) is 0 Å². The summed E-state index contributed by atoms with van der Waals surface area (Å²) in [5.41, 5.74) is 1.86. The van der Waals surface area contributed by atoms with Crippen LogP contribution in [0.4, 0.5) is 0 Å². The van der Waals surface area contributed by atoms with Gasteiger partial charge in [0.15, 0.2) is 0 Å². The Labute approximate surface area is 151 Å². The van der Waals surface area contributed by atoms with Gasteiger partial charge in [-0.2, -0.15) is 15.6 Å². The highest BCUT2D eigenvalue weighted by molar-refractivity contribution is 7.89. The number of carbonyl (C=O) groups is 1. The number of nitrogens with one attached hydrogen (secondary N) is 1. The van der Waals surface area contributed by atoms with Crippen LogP contribution in [0, 0.1) is 0 Å². The molecule has 2 heterocycles. The first-order chi connectivity index (χ1) is 12.1. The maximum Gasteiger partial charge on any atom is 0.243 e. The molecule has 1 amide bonds. The van der Waals surface area contributed by atoms with Crippen molar-refractivity contribution >= 4 is 27.3 Å². The van der Waals surface area contributed by atoms with Crippen LogP contribution in [0.15, 0.2) is 46.0 Å². The van der Waals surface area contributed by atoms with Crippen LogP contribution in [-0.4, -0.2) is 44.9 Å². The number of sulfonamides is 1. The molecule has 0 spiro atoms. The second kappa shape index (κ2) is 8.09. The number of benzene rings is 1.